The molecule has 1 aliphatic carbocycles. The standard InChI is InChI=1S/C13H15ClN2/c14-11-5-4-6-12(9-11)16-13(10-15)7-2-1-3-8-13/h4-6,9,16H,1-3,7-8H2. The molecule has 1 fully saturated rings. The van der Waals surface area contributed by atoms with Gasteiger partial charge in [0.2, 0.25) is 0 Å². The van der Waals surface area contributed by atoms with Crippen LogP contribution in [0.25, 0.3) is 0 Å². The van der Waals surface area contributed by atoms with E-state index < -0.39 is 0 Å². The van der Waals surface area contributed by atoms with E-state index in [1.807, 2.05) is 24.3 Å². The lowest BCUT2D eigenvalue weighted by molar-refractivity contribution is 0.393. The summed E-state index contributed by atoms with van der Waals surface area (Å²) in [5.74, 6) is 0. The number of anilines is 1. The molecule has 2 nitrogen and oxygen atoms in total. The van der Waals surface area contributed by atoms with Crippen LogP contribution in [0.4, 0.5) is 5.69 Å². The summed E-state index contributed by atoms with van der Waals surface area (Å²) in [6.45, 7) is 0. The lowest BCUT2D eigenvalue weighted by Crippen LogP contribution is -2.38. The van der Waals surface area contributed by atoms with E-state index in [0.717, 1.165) is 31.4 Å². The summed E-state index contributed by atoms with van der Waals surface area (Å²) in [6, 6.07) is 10.0. The molecule has 0 radical (unpaired) electrons. The van der Waals surface area contributed by atoms with Gasteiger partial charge in [0.1, 0.15) is 5.54 Å². The summed E-state index contributed by atoms with van der Waals surface area (Å²) in [5.41, 5.74) is 0.555. The molecule has 16 heavy (non-hydrogen) atoms. The number of halogens is 1. The van der Waals surface area contributed by atoms with Gasteiger partial charge in [-0.15, -0.1) is 0 Å². The Bertz CT molecular complexity index is 403. The molecule has 1 saturated carbocycles. The van der Waals surface area contributed by atoms with Crippen LogP contribution in [0.1, 0.15) is 32.1 Å². The molecule has 0 bridgehead atoms. The van der Waals surface area contributed by atoms with Crippen molar-refractivity contribution in [3.8, 4) is 6.07 Å². The molecule has 3 heteroatoms. The summed E-state index contributed by atoms with van der Waals surface area (Å²) < 4.78 is 0. The molecule has 0 aliphatic heterocycles. The van der Waals surface area contributed by atoms with Gasteiger partial charge in [0.25, 0.3) is 0 Å². The van der Waals surface area contributed by atoms with Crippen molar-refractivity contribution in [1.29, 1.82) is 5.26 Å². The number of hydrogen-bond donors (Lipinski definition) is 1. The van der Waals surface area contributed by atoms with Gasteiger partial charge in [0, 0.05) is 10.7 Å². The molecular weight excluding hydrogens is 220 g/mol. The second-order valence-electron chi connectivity index (χ2n) is 4.39. The van der Waals surface area contributed by atoms with E-state index in [-0.39, 0.29) is 5.54 Å². The first-order valence-electron chi connectivity index (χ1n) is 5.69. The van der Waals surface area contributed by atoms with Crippen molar-refractivity contribution in [3.63, 3.8) is 0 Å². The lowest BCUT2D eigenvalue weighted by atomic mass is 9.82. The van der Waals surface area contributed by atoms with E-state index in [1.54, 1.807) is 0 Å². The minimum atomic E-state index is -0.386. The predicted octanol–water partition coefficient (Wildman–Crippen LogP) is 3.98. The molecule has 1 N–H and O–H groups in total. The summed E-state index contributed by atoms with van der Waals surface area (Å²) >= 11 is 5.93. The molecular formula is C13H15ClN2. The molecule has 1 aromatic rings. The second-order valence-corrected chi connectivity index (χ2v) is 4.83. The van der Waals surface area contributed by atoms with Crippen molar-refractivity contribution < 1.29 is 0 Å². The third kappa shape index (κ3) is 2.48. The predicted molar refractivity (Wildman–Crippen MR) is 66.5 cm³/mol. The van der Waals surface area contributed by atoms with Gasteiger partial charge < -0.3 is 5.32 Å². The van der Waals surface area contributed by atoms with Crippen LogP contribution in [0.15, 0.2) is 24.3 Å². The van der Waals surface area contributed by atoms with Gasteiger partial charge in [-0.1, -0.05) is 36.9 Å². The van der Waals surface area contributed by atoms with Crippen LogP contribution >= 0.6 is 11.6 Å². The minimum absolute atomic E-state index is 0.386. The zero-order valence-electron chi connectivity index (χ0n) is 9.17. The van der Waals surface area contributed by atoms with Crippen LogP contribution in [-0.2, 0) is 0 Å². The fraction of sp³-hybridized carbons (Fsp3) is 0.462. The van der Waals surface area contributed by atoms with Crippen LogP contribution in [0.2, 0.25) is 5.02 Å². The summed E-state index contributed by atoms with van der Waals surface area (Å²) in [7, 11) is 0. The van der Waals surface area contributed by atoms with Crippen molar-refractivity contribution in [2.45, 2.75) is 37.6 Å². The number of nitrogens with one attached hydrogen (secondary N) is 1. The molecule has 0 heterocycles. The topological polar surface area (TPSA) is 35.8 Å². The highest BCUT2D eigenvalue weighted by Gasteiger charge is 2.31. The molecule has 1 aromatic carbocycles. The van der Waals surface area contributed by atoms with Crippen LogP contribution in [0, 0.1) is 11.3 Å². The Hall–Kier alpha value is -1.20. The first kappa shape index (κ1) is 11.3. The SMILES string of the molecule is N#CC1(Nc2cccc(Cl)c2)CCCCC1. The maximum absolute atomic E-state index is 9.33. The van der Waals surface area contributed by atoms with Crippen LogP contribution in [0.5, 0.6) is 0 Å². The Morgan fingerprint density at radius 1 is 1.25 bits per heavy atom. The third-order valence-corrected chi connectivity index (χ3v) is 3.36. The Morgan fingerprint density at radius 3 is 2.62 bits per heavy atom. The largest absolute Gasteiger partial charge is 0.367 e. The van der Waals surface area contributed by atoms with Crippen molar-refractivity contribution in [2.75, 3.05) is 5.32 Å². The first-order chi connectivity index (χ1) is 7.74. The number of hydrogen-bond acceptors (Lipinski definition) is 2. The monoisotopic (exact) mass is 234 g/mol. The zero-order valence-corrected chi connectivity index (χ0v) is 9.93. The Labute approximate surface area is 101 Å². The van der Waals surface area contributed by atoms with Crippen molar-refractivity contribution in [3.05, 3.63) is 29.3 Å². The summed E-state index contributed by atoms with van der Waals surface area (Å²) in [5, 5.41) is 13.4. The number of benzene rings is 1. The van der Waals surface area contributed by atoms with Crippen LogP contribution in [-0.4, -0.2) is 5.54 Å². The quantitative estimate of drug-likeness (QED) is 0.840. The van der Waals surface area contributed by atoms with Gasteiger partial charge in [-0.2, -0.15) is 5.26 Å². The third-order valence-electron chi connectivity index (χ3n) is 3.13. The lowest BCUT2D eigenvalue weighted by Gasteiger charge is -2.32. The average molecular weight is 235 g/mol. The molecule has 84 valence electrons. The normalized spacial score (nSPS) is 18.8. The highest BCUT2D eigenvalue weighted by Crippen LogP contribution is 2.31. The number of rotatable bonds is 2. The van der Waals surface area contributed by atoms with Crippen LogP contribution in [0.3, 0.4) is 0 Å². The second kappa shape index (κ2) is 4.76. The van der Waals surface area contributed by atoms with Gasteiger partial charge >= 0.3 is 0 Å². The van der Waals surface area contributed by atoms with E-state index in [9.17, 15) is 5.26 Å². The molecule has 0 unspecified atom stereocenters. The minimum Gasteiger partial charge on any atom is -0.367 e. The highest BCUT2D eigenvalue weighted by molar-refractivity contribution is 6.30. The maximum atomic E-state index is 9.33. The average Bonchev–Trinajstić information content (AvgIpc) is 2.30. The smallest absolute Gasteiger partial charge is 0.125 e. The zero-order chi connectivity index (χ0) is 11.4. The van der Waals surface area contributed by atoms with Crippen molar-refractivity contribution >= 4 is 17.3 Å². The molecule has 0 saturated heterocycles. The van der Waals surface area contributed by atoms with Crippen molar-refractivity contribution in [1.82, 2.24) is 0 Å². The van der Waals surface area contributed by atoms with Gasteiger partial charge in [0.15, 0.2) is 0 Å². The number of nitriles is 1. The fourth-order valence-corrected chi connectivity index (χ4v) is 2.45. The summed E-state index contributed by atoms with van der Waals surface area (Å²) in [6.07, 6.45) is 5.34. The van der Waals surface area contributed by atoms with Gasteiger partial charge in [0.05, 0.1) is 6.07 Å². The van der Waals surface area contributed by atoms with Gasteiger partial charge in [-0.3, -0.25) is 0 Å². The first-order valence-corrected chi connectivity index (χ1v) is 6.07. The Morgan fingerprint density at radius 2 is 2.00 bits per heavy atom. The molecule has 0 aromatic heterocycles. The molecule has 2 rings (SSSR count). The molecule has 0 spiro atoms. The molecule has 1 aliphatic rings. The number of nitrogens with zero attached hydrogens (tertiary/aromatic N) is 1. The van der Waals surface area contributed by atoms with Crippen molar-refractivity contribution in [2.24, 2.45) is 0 Å². The van der Waals surface area contributed by atoms with E-state index in [2.05, 4.69) is 11.4 Å². The van der Waals surface area contributed by atoms with Gasteiger partial charge in [-0.05, 0) is 31.0 Å². The maximum Gasteiger partial charge on any atom is 0.125 e. The van der Waals surface area contributed by atoms with Crippen LogP contribution < -0.4 is 5.32 Å². The fourth-order valence-electron chi connectivity index (χ4n) is 2.26. The van der Waals surface area contributed by atoms with Gasteiger partial charge in [-0.25, -0.2) is 0 Å². The summed E-state index contributed by atoms with van der Waals surface area (Å²) in [4.78, 5) is 0. The Kier molecular flexibility index (Phi) is 3.36. The van der Waals surface area contributed by atoms with E-state index in [0.29, 0.717) is 5.02 Å². The highest BCUT2D eigenvalue weighted by atomic mass is 35.5. The van der Waals surface area contributed by atoms with E-state index >= 15 is 0 Å². The Balaban J connectivity index is 2.15. The molecule has 0 amide bonds. The molecule has 0 atom stereocenters. The van der Waals surface area contributed by atoms with E-state index in [1.165, 1.54) is 6.42 Å². The van der Waals surface area contributed by atoms with E-state index in [4.69, 9.17) is 11.6 Å².